The summed E-state index contributed by atoms with van der Waals surface area (Å²) in [6.07, 6.45) is 2.95. The first-order chi connectivity index (χ1) is 14.5. The van der Waals surface area contributed by atoms with Gasteiger partial charge >= 0.3 is 0 Å². The van der Waals surface area contributed by atoms with Crippen LogP contribution in [0.25, 0.3) is 27.5 Å². The number of nitrogens with two attached hydrogens (primary N) is 1. The Morgan fingerprint density at radius 2 is 1.93 bits per heavy atom. The average Bonchev–Trinajstić information content (AvgIpc) is 3.13. The van der Waals surface area contributed by atoms with Gasteiger partial charge in [-0.05, 0) is 36.1 Å². The minimum atomic E-state index is -0.481. The summed E-state index contributed by atoms with van der Waals surface area (Å²) in [5.41, 5.74) is 7.76. The van der Waals surface area contributed by atoms with Crippen molar-refractivity contribution in [2.45, 2.75) is 13.5 Å². The summed E-state index contributed by atoms with van der Waals surface area (Å²) in [4.78, 5) is 21.7. The molecule has 0 atom stereocenters. The average molecular weight is 400 g/mol. The van der Waals surface area contributed by atoms with Crippen LogP contribution in [0.2, 0.25) is 0 Å². The van der Waals surface area contributed by atoms with E-state index in [4.69, 9.17) is 5.73 Å². The van der Waals surface area contributed by atoms with Crippen molar-refractivity contribution in [3.8, 4) is 5.69 Å². The SMILES string of the molecule is Cc1cccc2cc(Cn3ncc4c(N)ncnc43)n(-c3ccccc3F)c(=O)c12. The van der Waals surface area contributed by atoms with E-state index in [-0.39, 0.29) is 17.8 Å². The summed E-state index contributed by atoms with van der Waals surface area (Å²) in [5, 5.41) is 6.32. The molecule has 3 aromatic heterocycles. The molecule has 0 aliphatic carbocycles. The van der Waals surface area contributed by atoms with E-state index in [2.05, 4.69) is 15.1 Å². The molecule has 0 spiro atoms. The van der Waals surface area contributed by atoms with Crippen molar-refractivity contribution in [2.75, 3.05) is 5.73 Å². The summed E-state index contributed by atoms with van der Waals surface area (Å²) in [5.74, 6) is -0.155. The summed E-state index contributed by atoms with van der Waals surface area (Å²) >= 11 is 0. The van der Waals surface area contributed by atoms with Crippen molar-refractivity contribution in [1.82, 2.24) is 24.3 Å². The zero-order valence-electron chi connectivity index (χ0n) is 16.1. The van der Waals surface area contributed by atoms with Crippen LogP contribution in [0.5, 0.6) is 0 Å². The number of rotatable bonds is 3. The Balaban J connectivity index is 1.80. The molecule has 0 bridgehead atoms. The molecule has 0 unspecified atom stereocenters. The van der Waals surface area contributed by atoms with Gasteiger partial charge in [0.1, 0.15) is 18.0 Å². The highest BCUT2D eigenvalue weighted by Gasteiger charge is 2.17. The van der Waals surface area contributed by atoms with Crippen molar-refractivity contribution in [2.24, 2.45) is 0 Å². The number of benzene rings is 2. The van der Waals surface area contributed by atoms with Gasteiger partial charge in [0.2, 0.25) is 0 Å². The lowest BCUT2D eigenvalue weighted by Gasteiger charge is -2.16. The van der Waals surface area contributed by atoms with E-state index in [0.717, 1.165) is 10.9 Å². The van der Waals surface area contributed by atoms with Crippen LogP contribution in [-0.4, -0.2) is 24.3 Å². The number of nitrogens with zero attached hydrogens (tertiary/aromatic N) is 5. The topological polar surface area (TPSA) is 91.6 Å². The molecule has 0 radical (unpaired) electrons. The lowest BCUT2D eigenvalue weighted by atomic mass is 10.1. The van der Waals surface area contributed by atoms with E-state index >= 15 is 0 Å². The van der Waals surface area contributed by atoms with E-state index < -0.39 is 5.82 Å². The first kappa shape index (κ1) is 18.0. The number of fused-ring (bicyclic) bond motifs is 2. The predicted molar refractivity (Wildman–Crippen MR) is 113 cm³/mol. The summed E-state index contributed by atoms with van der Waals surface area (Å²) < 4.78 is 17.7. The number of aryl methyl sites for hydroxylation is 1. The second-order valence-electron chi connectivity index (χ2n) is 7.07. The first-order valence-corrected chi connectivity index (χ1v) is 9.36. The fraction of sp³-hybridized carbons (Fsp3) is 0.0909. The zero-order valence-corrected chi connectivity index (χ0v) is 16.1. The number of para-hydroxylation sites is 1. The van der Waals surface area contributed by atoms with Crippen LogP contribution < -0.4 is 11.3 Å². The van der Waals surface area contributed by atoms with Crippen LogP contribution in [-0.2, 0) is 6.54 Å². The van der Waals surface area contributed by atoms with Gasteiger partial charge in [0, 0.05) is 5.69 Å². The molecule has 3 heterocycles. The molecule has 0 fully saturated rings. The number of aromatic nitrogens is 5. The summed E-state index contributed by atoms with van der Waals surface area (Å²) in [6.45, 7) is 2.07. The molecule has 0 aliphatic heterocycles. The molecular formula is C22H17FN6O. The first-order valence-electron chi connectivity index (χ1n) is 9.36. The van der Waals surface area contributed by atoms with Crippen molar-refractivity contribution in [3.05, 3.63) is 88.5 Å². The zero-order chi connectivity index (χ0) is 20.8. The Hall–Kier alpha value is -4.07. The molecule has 8 heteroatoms. The van der Waals surface area contributed by atoms with Crippen LogP contribution in [0.1, 0.15) is 11.3 Å². The normalized spacial score (nSPS) is 11.4. The van der Waals surface area contributed by atoms with Gasteiger partial charge in [-0.2, -0.15) is 5.10 Å². The molecule has 30 heavy (non-hydrogen) atoms. The maximum absolute atomic E-state index is 14.7. The van der Waals surface area contributed by atoms with Crippen molar-refractivity contribution < 1.29 is 4.39 Å². The van der Waals surface area contributed by atoms with E-state index in [1.807, 2.05) is 31.2 Å². The van der Waals surface area contributed by atoms with Gasteiger partial charge in [-0.1, -0.05) is 30.3 Å². The third-order valence-electron chi connectivity index (χ3n) is 5.20. The van der Waals surface area contributed by atoms with Gasteiger partial charge in [0.15, 0.2) is 5.65 Å². The van der Waals surface area contributed by atoms with Crippen LogP contribution >= 0.6 is 0 Å². The molecule has 0 aliphatic rings. The monoisotopic (exact) mass is 400 g/mol. The van der Waals surface area contributed by atoms with E-state index in [9.17, 15) is 9.18 Å². The van der Waals surface area contributed by atoms with Gasteiger partial charge in [0.05, 0.1) is 29.2 Å². The molecule has 0 saturated heterocycles. The number of hydrogen-bond donors (Lipinski definition) is 1. The van der Waals surface area contributed by atoms with Gasteiger partial charge in [-0.25, -0.2) is 19.0 Å². The fourth-order valence-electron chi connectivity index (χ4n) is 3.78. The number of halogens is 1. The second kappa shape index (κ2) is 6.77. The van der Waals surface area contributed by atoms with E-state index in [0.29, 0.717) is 27.9 Å². The van der Waals surface area contributed by atoms with Gasteiger partial charge in [-0.3, -0.25) is 9.36 Å². The van der Waals surface area contributed by atoms with Gasteiger partial charge < -0.3 is 5.73 Å². The molecule has 2 aromatic carbocycles. The molecule has 0 saturated carbocycles. The lowest BCUT2D eigenvalue weighted by Crippen LogP contribution is -2.25. The smallest absolute Gasteiger partial charge is 0.263 e. The third kappa shape index (κ3) is 2.73. The molecule has 5 rings (SSSR count). The number of anilines is 1. The highest BCUT2D eigenvalue weighted by Crippen LogP contribution is 2.22. The third-order valence-corrected chi connectivity index (χ3v) is 5.20. The summed E-state index contributed by atoms with van der Waals surface area (Å²) in [6, 6.07) is 13.7. The minimum Gasteiger partial charge on any atom is -0.383 e. The Morgan fingerprint density at radius 1 is 1.10 bits per heavy atom. The fourth-order valence-corrected chi connectivity index (χ4v) is 3.78. The lowest BCUT2D eigenvalue weighted by molar-refractivity contribution is 0.606. The largest absolute Gasteiger partial charge is 0.383 e. The van der Waals surface area contributed by atoms with Crippen LogP contribution in [0, 0.1) is 12.7 Å². The highest BCUT2D eigenvalue weighted by molar-refractivity contribution is 5.86. The predicted octanol–water partition coefficient (Wildman–Crippen LogP) is 3.21. The van der Waals surface area contributed by atoms with E-state index in [1.165, 1.54) is 17.0 Å². The minimum absolute atomic E-state index is 0.188. The molecule has 148 valence electrons. The summed E-state index contributed by atoms with van der Waals surface area (Å²) in [7, 11) is 0. The van der Waals surface area contributed by atoms with Crippen LogP contribution in [0.15, 0.2) is 65.8 Å². The quantitative estimate of drug-likeness (QED) is 0.502. The standard InChI is InChI=1S/C22H17FN6O/c1-13-5-4-6-14-9-15(11-28-21-16(10-27-28)20(24)25-12-26-21)29(22(30)19(13)14)18-8-3-2-7-17(18)23/h2-10,12H,11H2,1H3,(H2,24,25,26). The highest BCUT2D eigenvalue weighted by atomic mass is 19.1. The van der Waals surface area contributed by atoms with Crippen molar-refractivity contribution in [1.29, 1.82) is 0 Å². The molecule has 5 aromatic rings. The van der Waals surface area contributed by atoms with Crippen molar-refractivity contribution >= 4 is 27.6 Å². The maximum atomic E-state index is 14.7. The van der Waals surface area contributed by atoms with Gasteiger partial charge in [0.25, 0.3) is 5.56 Å². The number of hydrogen-bond acceptors (Lipinski definition) is 5. The maximum Gasteiger partial charge on any atom is 0.263 e. The Kier molecular flexibility index (Phi) is 4.06. The number of pyridine rings is 1. The molecular weight excluding hydrogens is 383 g/mol. The Morgan fingerprint density at radius 3 is 2.77 bits per heavy atom. The second-order valence-corrected chi connectivity index (χ2v) is 7.07. The molecule has 2 N–H and O–H groups in total. The molecule has 0 amide bonds. The Bertz CT molecular complexity index is 1490. The van der Waals surface area contributed by atoms with Crippen LogP contribution in [0.3, 0.4) is 0 Å². The Labute approximate surface area is 170 Å². The number of nitrogen functional groups attached to an aromatic ring is 1. The van der Waals surface area contributed by atoms with Crippen LogP contribution in [0.4, 0.5) is 10.2 Å². The van der Waals surface area contributed by atoms with Crippen molar-refractivity contribution in [3.63, 3.8) is 0 Å². The molecule has 7 nitrogen and oxygen atoms in total. The van der Waals surface area contributed by atoms with Gasteiger partial charge in [-0.15, -0.1) is 0 Å². The van der Waals surface area contributed by atoms with E-state index in [1.54, 1.807) is 29.1 Å².